The van der Waals surface area contributed by atoms with Crippen molar-refractivity contribution in [3.63, 3.8) is 0 Å². The number of rotatable bonds is 8. The minimum atomic E-state index is 0.0860. The summed E-state index contributed by atoms with van der Waals surface area (Å²) in [6.07, 6.45) is 7.19. The first-order valence-electron chi connectivity index (χ1n) is 11.1. The molecule has 0 unspecified atom stereocenters. The van der Waals surface area contributed by atoms with Crippen molar-refractivity contribution in [2.75, 3.05) is 44.8 Å². The number of amides is 1. The molecule has 1 saturated carbocycles. The average molecular weight is 491 g/mol. The van der Waals surface area contributed by atoms with Gasteiger partial charge in [-0.25, -0.2) is 0 Å². The van der Waals surface area contributed by atoms with E-state index < -0.39 is 0 Å². The zero-order valence-corrected chi connectivity index (χ0v) is 19.7. The van der Waals surface area contributed by atoms with Crippen LogP contribution in [-0.2, 0) is 16.6 Å². The van der Waals surface area contributed by atoms with Crippen LogP contribution in [-0.4, -0.2) is 60.0 Å². The number of morpholine rings is 1. The molecule has 168 valence electrons. The number of ether oxygens (including phenoxy) is 2. The standard InChI is InChI=1S/C23H31BrN4O3/c1-27-23(20(24)16-25-27)19-15-18(26-22(29)14-17-4-2-3-5-17)6-7-21(19)31-13-10-28-8-11-30-12-9-28/h6-7,15-17H,2-5,8-14H2,1H3,(H,26,29). The Balaban J connectivity index is 1.48. The summed E-state index contributed by atoms with van der Waals surface area (Å²) >= 11 is 3.60. The molecule has 0 atom stereocenters. The topological polar surface area (TPSA) is 68.6 Å². The van der Waals surface area contributed by atoms with Crippen LogP contribution in [0.15, 0.2) is 28.9 Å². The van der Waals surface area contributed by atoms with Gasteiger partial charge in [-0.05, 0) is 52.9 Å². The van der Waals surface area contributed by atoms with Gasteiger partial charge in [0.1, 0.15) is 12.4 Å². The second-order valence-electron chi connectivity index (χ2n) is 8.38. The first-order chi connectivity index (χ1) is 15.1. The van der Waals surface area contributed by atoms with E-state index in [0.717, 1.165) is 72.9 Å². The Labute approximate surface area is 192 Å². The largest absolute Gasteiger partial charge is 0.492 e. The van der Waals surface area contributed by atoms with Gasteiger partial charge < -0.3 is 14.8 Å². The van der Waals surface area contributed by atoms with E-state index in [4.69, 9.17) is 9.47 Å². The SMILES string of the molecule is Cn1ncc(Br)c1-c1cc(NC(=O)CC2CCCC2)ccc1OCCN1CCOCC1. The quantitative estimate of drug-likeness (QED) is 0.603. The van der Waals surface area contributed by atoms with Gasteiger partial charge in [0.2, 0.25) is 5.91 Å². The van der Waals surface area contributed by atoms with Gasteiger partial charge in [0.05, 0.1) is 29.6 Å². The molecule has 1 amide bonds. The number of carbonyl (C=O) groups excluding carboxylic acids is 1. The van der Waals surface area contributed by atoms with E-state index in [0.29, 0.717) is 18.9 Å². The molecule has 1 aliphatic heterocycles. The number of carbonyl (C=O) groups is 1. The number of halogens is 1. The molecule has 0 radical (unpaired) electrons. The minimum Gasteiger partial charge on any atom is -0.492 e. The lowest BCUT2D eigenvalue weighted by Gasteiger charge is -2.26. The van der Waals surface area contributed by atoms with E-state index in [1.54, 1.807) is 6.20 Å². The second-order valence-corrected chi connectivity index (χ2v) is 9.24. The highest BCUT2D eigenvalue weighted by Crippen LogP contribution is 2.37. The zero-order valence-electron chi connectivity index (χ0n) is 18.1. The first kappa shape index (κ1) is 22.3. The number of nitrogens with one attached hydrogen (secondary N) is 1. The smallest absolute Gasteiger partial charge is 0.224 e. The molecule has 1 aliphatic carbocycles. The Bertz CT molecular complexity index is 869. The lowest BCUT2D eigenvalue weighted by atomic mass is 10.0. The Morgan fingerprint density at radius 3 is 2.77 bits per heavy atom. The van der Waals surface area contributed by atoms with Crippen molar-refractivity contribution >= 4 is 27.5 Å². The van der Waals surface area contributed by atoms with Gasteiger partial charge in [-0.3, -0.25) is 14.4 Å². The maximum atomic E-state index is 12.5. The Kier molecular flexibility index (Phi) is 7.63. The van der Waals surface area contributed by atoms with Crippen molar-refractivity contribution in [2.45, 2.75) is 32.1 Å². The molecule has 1 aromatic heterocycles. The molecule has 2 fully saturated rings. The molecule has 7 nitrogen and oxygen atoms in total. The number of aromatic nitrogens is 2. The van der Waals surface area contributed by atoms with Gasteiger partial charge in [0.15, 0.2) is 0 Å². The average Bonchev–Trinajstić information content (AvgIpc) is 3.39. The monoisotopic (exact) mass is 490 g/mol. The number of hydrogen-bond acceptors (Lipinski definition) is 5. The zero-order chi connectivity index (χ0) is 21.6. The normalized spacial score (nSPS) is 17.7. The molecule has 1 N–H and O–H groups in total. The van der Waals surface area contributed by atoms with Crippen LogP contribution in [0.5, 0.6) is 5.75 Å². The number of benzene rings is 1. The molecule has 31 heavy (non-hydrogen) atoms. The van der Waals surface area contributed by atoms with E-state index in [1.807, 2.05) is 29.9 Å². The van der Waals surface area contributed by atoms with E-state index in [-0.39, 0.29) is 5.91 Å². The van der Waals surface area contributed by atoms with Crippen LogP contribution in [0.3, 0.4) is 0 Å². The van der Waals surface area contributed by atoms with Crippen LogP contribution in [0.2, 0.25) is 0 Å². The fourth-order valence-corrected chi connectivity index (χ4v) is 4.99. The van der Waals surface area contributed by atoms with Gasteiger partial charge in [0.25, 0.3) is 0 Å². The molecule has 1 aromatic carbocycles. The Morgan fingerprint density at radius 2 is 2.06 bits per heavy atom. The van der Waals surface area contributed by atoms with Gasteiger partial charge in [-0.15, -0.1) is 0 Å². The van der Waals surface area contributed by atoms with Gasteiger partial charge in [-0.2, -0.15) is 5.10 Å². The van der Waals surface area contributed by atoms with Crippen molar-refractivity contribution in [1.82, 2.24) is 14.7 Å². The lowest BCUT2D eigenvalue weighted by Crippen LogP contribution is -2.38. The summed E-state index contributed by atoms with van der Waals surface area (Å²) < 4.78 is 14.3. The molecule has 2 aromatic rings. The maximum Gasteiger partial charge on any atom is 0.224 e. The Morgan fingerprint density at radius 1 is 1.29 bits per heavy atom. The highest BCUT2D eigenvalue weighted by Gasteiger charge is 2.20. The van der Waals surface area contributed by atoms with Crippen LogP contribution in [0.4, 0.5) is 5.69 Å². The summed E-state index contributed by atoms with van der Waals surface area (Å²) in [7, 11) is 1.91. The third kappa shape index (κ3) is 5.87. The molecule has 0 spiro atoms. The van der Waals surface area contributed by atoms with Crippen LogP contribution < -0.4 is 10.1 Å². The molecule has 4 rings (SSSR count). The van der Waals surface area contributed by atoms with Gasteiger partial charge in [-0.1, -0.05) is 12.8 Å². The van der Waals surface area contributed by atoms with Gasteiger partial charge >= 0.3 is 0 Å². The van der Waals surface area contributed by atoms with Crippen LogP contribution in [0.1, 0.15) is 32.1 Å². The highest BCUT2D eigenvalue weighted by molar-refractivity contribution is 9.10. The molecule has 8 heteroatoms. The van der Waals surface area contributed by atoms with E-state index in [1.165, 1.54) is 12.8 Å². The first-order valence-corrected chi connectivity index (χ1v) is 11.9. The molecular formula is C23H31BrN4O3. The summed E-state index contributed by atoms with van der Waals surface area (Å²) in [6, 6.07) is 5.85. The van der Waals surface area contributed by atoms with E-state index in [2.05, 4.69) is 31.2 Å². The predicted octanol–water partition coefficient (Wildman–Crippen LogP) is 4.08. The fraction of sp³-hybridized carbons (Fsp3) is 0.565. The summed E-state index contributed by atoms with van der Waals surface area (Å²) in [5, 5.41) is 7.43. The molecule has 2 aliphatic rings. The second kappa shape index (κ2) is 10.6. The minimum absolute atomic E-state index is 0.0860. The van der Waals surface area contributed by atoms with Crippen LogP contribution in [0.25, 0.3) is 11.3 Å². The van der Waals surface area contributed by atoms with Crippen molar-refractivity contribution in [1.29, 1.82) is 0 Å². The van der Waals surface area contributed by atoms with Gasteiger partial charge in [0, 0.05) is 44.4 Å². The van der Waals surface area contributed by atoms with Crippen LogP contribution in [0, 0.1) is 5.92 Å². The predicted molar refractivity (Wildman–Crippen MR) is 124 cm³/mol. The highest BCUT2D eigenvalue weighted by atomic mass is 79.9. The summed E-state index contributed by atoms with van der Waals surface area (Å²) in [5.74, 6) is 1.39. The molecule has 0 bridgehead atoms. The van der Waals surface area contributed by atoms with E-state index >= 15 is 0 Å². The summed E-state index contributed by atoms with van der Waals surface area (Å²) in [4.78, 5) is 14.9. The number of hydrogen-bond donors (Lipinski definition) is 1. The third-order valence-electron chi connectivity index (χ3n) is 6.13. The third-order valence-corrected chi connectivity index (χ3v) is 6.71. The van der Waals surface area contributed by atoms with Crippen molar-refractivity contribution < 1.29 is 14.3 Å². The molecule has 2 heterocycles. The summed E-state index contributed by atoms with van der Waals surface area (Å²) in [6.45, 7) is 4.89. The fourth-order valence-electron chi connectivity index (χ4n) is 4.43. The number of nitrogens with zero attached hydrogens (tertiary/aromatic N) is 3. The summed E-state index contributed by atoms with van der Waals surface area (Å²) in [5.41, 5.74) is 2.62. The number of aryl methyl sites for hydroxylation is 1. The maximum absolute atomic E-state index is 12.5. The molecule has 1 saturated heterocycles. The Hall–Kier alpha value is -1.90. The number of anilines is 1. The van der Waals surface area contributed by atoms with Crippen LogP contribution >= 0.6 is 15.9 Å². The van der Waals surface area contributed by atoms with E-state index in [9.17, 15) is 4.79 Å². The lowest BCUT2D eigenvalue weighted by molar-refractivity contribution is -0.117. The van der Waals surface area contributed by atoms with Crippen molar-refractivity contribution in [3.05, 3.63) is 28.9 Å². The van der Waals surface area contributed by atoms with Crippen molar-refractivity contribution in [2.24, 2.45) is 13.0 Å². The van der Waals surface area contributed by atoms with Crippen molar-refractivity contribution in [3.8, 4) is 17.0 Å². The molecular weight excluding hydrogens is 460 g/mol.